The summed E-state index contributed by atoms with van der Waals surface area (Å²) in [6.45, 7) is 0. The number of benzene rings is 1. The first-order chi connectivity index (χ1) is 11.1. The van der Waals surface area contributed by atoms with E-state index >= 15 is 0 Å². The Balaban J connectivity index is 2.06. The van der Waals surface area contributed by atoms with Crippen molar-refractivity contribution in [2.45, 2.75) is 0 Å². The van der Waals surface area contributed by atoms with Crippen molar-refractivity contribution in [2.75, 3.05) is 7.11 Å². The Hall–Kier alpha value is -3.14. The van der Waals surface area contributed by atoms with Crippen molar-refractivity contribution in [3.8, 4) is 16.9 Å². The molecule has 114 valence electrons. The molecule has 0 bridgehead atoms. The fourth-order valence-electron chi connectivity index (χ4n) is 2.51. The maximum Gasteiger partial charge on any atom is 0.335 e. The van der Waals surface area contributed by atoms with Crippen LogP contribution in [0, 0.1) is 0 Å². The molecule has 0 amide bonds. The molecule has 2 aliphatic rings. The van der Waals surface area contributed by atoms with Crippen LogP contribution in [0.5, 0.6) is 5.75 Å². The second-order valence-corrected chi connectivity index (χ2v) is 5.10. The summed E-state index contributed by atoms with van der Waals surface area (Å²) < 4.78 is 5.15. The average molecular weight is 306 g/mol. The molecule has 1 aromatic carbocycles. The molecule has 0 saturated carbocycles. The topological polar surface area (TPSA) is 63.6 Å². The molecule has 2 aliphatic carbocycles. The molecule has 4 heteroatoms. The van der Waals surface area contributed by atoms with Crippen molar-refractivity contribution < 1.29 is 19.4 Å². The monoisotopic (exact) mass is 306 g/mol. The van der Waals surface area contributed by atoms with Crippen LogP contribution in [0.2, 0.25) is 0 Å². The SMILES string of the molecule is COc1cccc(C(=O)c2ccc3ccc(C(=O)O)ccc2-3)c1. The van der Waals surface area contributed by atoms with Gasteiger partial charge in [0.25, 0.3) is 0 Å². The van der Waals surface area contributed by atoms with E-state index < -0.39 is 5.97 Å². The first-order valence-corrected chi connectivity index (χ1v) is 7.05. The summed E-state index contributed by atoms with van der Waals surface area (Å²) in [5.41, 5.74) is 2.80. The van der Waals surface area contributed by atoms with Crippen molar-refractivity contribution >= 4 is 11.8 Å². The van der Waals surface area contributed by atoms with Gasteiger partial charge in [-0.1, -0.05) is 30.3 Å². The molecule has 0 aliphatic heterocycles. The van der Waals surface area contributed by atoms with Crippen LogP contribution in [-0.2, 0) is 0 Å². The average Bonchev–Trinajstić information content (AvgIpc) is 2.84. The number of carboxylic acids is 1. The summed E-state index contributed by atoms with van der Waals surface area (Å²) in [7, 11) is 1.55. The molecular formula is C19H14O4. The molecule has 0 saturated heterocycles. The molecule has 0 unspecified atom stereocenters. The highest BCUT2D eigenvalue weighted by atomic mass is 16.5. The highest BCUT2D eigenvalue weighted by molar-refractivity contribution is 6.13. The van der Waals surface area contributed by atoms with Gasteiger partial charge in [-0.25, -0.2) is 4.79 Å². The molecule has 1 aromatic rings. The molecule has 23 heavy (non-hydrogen) atoms. The molecule has 0 atom stereocenters. The number of fused-ring (bicyclic) bond motifs is 1. The number of carbonyl (C=O) groups is 2. The van der Waals surface area contributed by atoms with Gasteiger partial charge in [0.1, 0.15) is 5.75 Å². The van der Waals surface area contributed by atoms with Crippen LogP contribution in [0.4, 0.5) is 0 Å². The number of rotatable bonds is 4. The van der Waals surface area contributed by atoms with E-state index in [1.54, 1.807) is 49.6 Å². The van der Waals surface area contributed by atoms with Gasteiger partial charge in [0, 0.05) is 11.1 Å². The molecule has 0 heterocycles. The van der Waals surface area contributed by atoms with Crippen molar-refractivity contribution in [3.05, 3.63) is 77.4 Å². The molecule has 0 fully saturated rings. The largest absolute Gasteiger partial charge is 0.497 e. The van der Waals surface area contributed by atoms with Crippen LogP contribution in [0.15, 0.2) is 60.7 Å². The zero-order valence-electron chi connectivity index (χ0n) is 12.4. The number of methoxy groups -OCH3 is 1. The van der Waals surface area contributed by atoms with E-state index in [4.69, 9.17) is 9.84 Å². The third-order valence-electron chi connectivity index (χ3n) is 3.73. The van der Waals surface area contributed by atoms with Gasteiger partial charge in [-0.3, -0.25) is 4.79 Å². The van der Waals surface area contributed by atoms with Crippen LogP contribution in [0.25, 0.3) is 11.1 Å². The van der Waals surface area contributed by atoms with E-state index in [0.29, 0.717) is 16.9 Å². The first-order valence-electron chi connectivity index (χ1n) is 7.05. The molecular weight excluding hydrogens is 292 g/mol. The Morgan fingerprint density at radius 2 is 1.65 bits per heavy atom. The standard InChI is InChI=1S/C19H14O4/c1-23-15-4-2-3-14(11-15)18(20)17-10-7-12-5-6-13(19(21)22)8-9-16(12)17/h2-11H,1H3,(H,21,22). The highest BCUT2D eigenvalue weighted by Gasteiger charge is 2.17. The van der Waals surface area contributed by atoms with Gasteiger partial charge in [-0.2, -0.15) is 0 Å². The molecule has 3 rings (SSSR count). The Kier molecular flexibility index (Phi) is 3.81. The summed E-state index contributed by atoms with van der Waals surface area (Å²) >= 11 is 0. The van der Waals surface area contributed by atoms with Gasteiger partial charge in [0.2, 0.25) is 0 Å². The number of aromatic carboxylic acids is 1. The van der Waals surface area contributed by atoms with Gasteiger partial charge in [-0.15, -0.1) is 0 Å². The fraction of sp³-hybridized carbons (Fsp3) is 0.0526. The highest BCUT2D eigenvalue weighted by Crippen LogP contribution is 2.30. The molecule has 1 N–H and O–H groups in total. The maximum absolute atomic E-state index is 12.7. The van der Waals surface area contributed by atoms with Crippen molar-refractivity contribution in [2.24, 2.45) is 0 Å². The van der Waals surface area contributed by atoms with Crippen molar-refractivity contribution in [1.82, 2.24) is 0 Å². The number of carboxylic acid groups (broad SMARTS) is 1. The minimum Gasteiger partial charge on any atom is -0.497 e. The van der Waals surface area contributed by atoms with Crippen LogP contribution < -0.4 is 4.74 Å². The number of carbonyl (C=O) groups excluding carboxylic acids is 1. The summed E-state index contributed by atoms with van der Waals surface area (Å²) in [4.78, 5) is 23.8. The third-order valence-corrected chi connectivity index (χ3v) is 3.73. The lowest BCUT2D eigenvalue weighted by Crippen LogP contribution is -2.01. The fourth-order valence-corrected chi connectivity index (χ4v) is 2.51. The minimum absolute atomic E-state index is 0.123. The van der Waals surface area contributed by atoms with Crippen LogP contribution in [0.1, 0.15) is 26.3 Å². The quantitative estimate of drug-likeness (QED) is 0.746. The second kappa shape index (κ2) is 5.93. The Bertz CT molecular complexity index is 867. The molecule has 4 nitrogen and oxygen atoms in total. The smallest absolute Gasteiger partial charge is 0.335 e. The number of ketones is 1. The Morgan fingerprint density at radius 3 is 2.39 bits per heavy atom. The van der Waals surface area contributed by atoms with Crippen molar-refractivity contribution in [1.29, 1.82) is 0 Å². The number of hydrogen-bond donors (Lipinski definition) is 1. The number of ether oxygens (including phenoxy) is 1. The summed E-state index contributed by atoms with van der Waals surface area (Å²) in [6.07, 6.45) is 0. The van der Waals surface area contributed by atoms with Gasteiger partial charge in [0.05, 0.1) is 12.7 Å². The molecule has 0 aromatic heterocycles. The van der Waals surface area contributed by atoms with E-state index in [-0.39, 0.29) is 11.3 Å². The second-order valence-electron chi connectivity index (χ2n) is 5.10. The van der Waals surface area contributed by atoms with Crippen LogP contribution >= 0.6 is 0 Å². The van der Waals surface area contributed by atoms with Gasteiger partial charge in [0.15, 0.2) is 5.78 Å². The summed E-state index contributed by atoms with van der Waals surface area (Å²) in [5.74, 6) is -0.504. The van der Waals surface area contributed by atoms with Crippen LogP contribution in [0.3, 0.4) is 0 Å². The molecule has 0 spiro atoms. The number of hydrogen-bond acceptors (Lipinski definition) is 3. The van der Waals surface area contributed by atoms with Gasteiger partial charge in [-0.05, 0) is 41.5 Å². The lowest BCUT2D eigenvalue weighted by molar-refractivity contribution is 0.0697. The van der Waals surface area contributed by atoms with Crippen LogP contribution in [-0.4, -0.2) is 24.0 Å². The van der Waals surface area contributed by atoms with E-state index in [1.165, 1.54) is 12.1 Å². The van der Waals surface area contributed by atoms with E-state index in [1.807, 2.05) is 6.07 Å². The maximum atomic E-state index is 12.7. The lowest BCUT2D eigenvalue weighted by Gasteiger charge is -2.04. The normalized spacial score (nSPS) is 10.5. The van der Waals surface area contributed by atoms with Gasteiger partial charge < -0.3 is 9.84 Å². The minimum atomic E-state index is -0.997. The molecule has 0 radical (unpaired) electrons. The zero-order valence-corrected chi connectivity index (χ0v) is 12.4. The summed E-state index contributed by atoms with van der Waals surface area (Å²) in [6, 6.07) is 17.0. The Labute approximate surface area is 133 Å². The van der Waals surface area contributed by atoms with E-state index in [0.717, 1.165) is 11.1 Å². The van der Waals surface area contributed by atoms with E-state index in [2.05, 4.69) is 0 Å². The third kappa shape index (κ3) is 2.79. The zero-order chi connectivity index (χ0) is 16.4. The van der Waals surface area contributed by atoms with Gasteiger partial charge >= 0.3 is 5.97 Å². The predicted octanol–water partition coefficient (Wildman–Crippen LogP) is 3.73. The van der Waals surface area contributed by atoms with Crippen molar-refractivity contribution in [3.63, 3.8) is 0 Å². The first kappa shape index (κ1) is 14.8. The Morgan fingerprint density at radius 1 is 0.913 bits per heavy atom. The summed E-state index contributed by atoms with van der Waals surface area (Å²) in [5, 5.41) is 9.07. The predicted molar refractivity (Wildman–Crippen MR) is 86.4 cm³/mol. The lowest BCUT2D eigenvalue weighted by atomic mass is 10.0. The van der Waals surface area contributed by atoms with E-state index in [9.17, 15) is 9.59 Å².